The van der Waals surface area contributed by atoms with Crippen LogP contribution >= 0.6 is 11.6 Å². The number of rotatable bonds is 6. The van der Waals surface area contributed by atoms with Gasteiger partial charge in [-0.15, -0.1) is 0 Å². The number of hydrogen-bond acceptors (Lipinski definition) is 4. The molecule has 1 saturated heterocycles. The fourth-order valence-electron chi connectivity index (χ4n) is 3.35. The van der Waals surface area contributed by atoms with Crippen molar-refractivity contribution in [2.75, 3.05) is 18.4 Å². The van der Waals surface area contributed by atoms with Gasteiger partial charge in [0.05, 0.1) is 4.90 Å². The number of nitrogens with zero attached hydrogens (tertiary/aromatic N) is 1. The second-order valence-corrected chi connectivity index (χ2v) is 10.5. The first-order valence-corrected chi connectivity index (χ1v) is 11.8. The van der Waals surface area contributed by atoms with Crippen LogP contribution in [0.5, 0.6) is 5.75 Å². The zero-order chi connectivity index (χ0) is 21.9. The number of ether oxygens (including phenoxy) is 1. The van der Waals surface area contributed by atoms with Gasteiger partial charge in [0.25, 0.3) is 5.91 Å². The lowest BCUT2D eigenvalue weighted by Gasteiger charge is -2.30. The monoisotopic (exact) mass is 450 g/mol. The molecule has 6 nitrogen and oxygen atoms in total. The van der Waals surface area contributed by atoms with Crippen molar-refractivity contribution in [2.45, 2.75) is 44.1 Å². The second kappa shape index (κ2) is 8.96. The zero-order valence-electron chi connectivity index (χ0n) is 17.4. The molecule has 1 heterocycles. The van der Waals surface area contributed by atoms with Crippen molar-refractivity contribution in [1.29, 1.82) is 0 Å². The lowest BCUT2D eigenvalue weighted by Crippen LogP contribution is -2.42. The highest BCUT2D eigenvalue weighted by molar-refractivity contribution is 7.89. The number of hydrogen-bond donors (Lipinski definition) is 1. The van der Waals surface area contributed by atoms with E-state index in [9.17, 15) is 13.2 Å². The molecule has 1 aliphatic rings. The van der Waals surface area contributed by atoms with Crippen LogP contribution in [0.25, 0.3) is 0 Å². The Hall–Kier alpha value is -2.09. The molecule has 0 saturated carbocycles. The molecule has 1 N–H and O–H groups in total. The molecule has 1 fully saturated rings. The van der Waals surface area contributed by atoms with Crippen LogP contribution in [0.1, 0.15) is 33.6 Å². The second-order valence-electron chi connectivity index (χ2n) is 8.16. The Labute approximate surface area is 183 Å². The molecule has 0 aromatic heterocycles. The number of anilines is 1. The summed E-state index contributed by atoms with van der Waals surface area (Å²) < 4.78 is 33.0. The van der Waals surface area contributed by atoms with E-state index in [1.54, 1.807) is 50.2 Å². The van der Waals surface area contributed by atoms with Gasteiger partial charge in [-0.05, 0) is 81.1 Å². The predicted octanol–water partition coefficient (Wildman–Crippen LogP) is 4.56. The topological polar surface area (TPSA) is 75.7 Å². The Morgan fingerprint density at radius 1 is 1.13 bits per heavy atom. The molecule has 30 heavy (non-hydrogen) atoms. The molecule has 1 aliphatic heterocycles. The van der Waals surface area contributed by atoms with Crippen LogP contribution in [-0.4, -0.2) is 37.3 Å². The first-order chi connectivity index (χ1) is 14.1. The van der Waals surface area contributed by atoms with Crippen LogP contribution in [-0.2, 0) is 14.8 Å². The fraction of sp³-hybridized carbons (Fsp3) is 0.409. The highest BCUT2D eigenvalue weighted by atomic mass is 35.5. The normalized spacial score (nSPS) is 18.1. The van der Waals surface area contributed by atoms with Gasteiger partial charge < -0.3 is 10.1 Å². The van der Waals surface area contributed by atoms with Crippen molar-refractivity contribution in [2.24, 2.45) is 5.92 Å². The molecule has 1 unspecified atom stereocenters. The number of carbonyl (C=O) groups excluding carboxylic acids is 1. The third kappa shape index (κ3) is 5.33. The Bertz CT molecular complexity index is 989. The summed E-state index contributed by atoms with van der Waals surface area (Å²) in [5.41, 5.74) is -0.638. The molecule has 2 aromatic rings. The third-order valence-electron chi connectivity index (χ3n) is 5.10. The van der Waals surface area contributed by atoms with Gasteiger partial charge in [0.2, 0.25) is 10.0 Å². The van der Waals surface area contributed by atoms with E-state index in [2.05, 4.69) is 12.2 Å². The number of benzene rings is 2. The van der Waals surface area contributed by atoms with Crippen LogP contribution in [0.3, 0.4) is 0 Å². The van der Waals surface area contributed by atoms with Gasteiger partial charge in [0, 0.05) is 23.8 Å². The molecular formula is C22H27ClN2O4S. The van der Waals surface area contributed by atoms with Crippen LogP contribution in [0.2, 0.25) is 5.02 Å². The smallest absolute Gasteiger partial charge is 0.267 e. The summed E-state index contributed by atoms with van der Waals surface area (Å²) >= 11 is 5.87. The summed E-state index contributed by atoms with van der Waals surface area (Å²) in [6.45, 7) is 6.47. The average molecular weight is 451 g/mol. The third-order valence-corrected chi connectivity index (χ3v) is 7.23. The molecular weight excluding hydrogens is 424 g/mol. The van der Waals surface area contributed by atoms with Gasteiger partial charge >= 0.3 is 0 Å². The maximum atomic E-state index is 12.9. The van der Waals surface area contributed by atoms with Crippen molar-refractivity contribution in [3.63, 3.8) is 0 Å². The minimum atomic E-state index is -3.53. The lowest BCUT2D eigenvalue weighted by atomic mass is 10.0. The zero-order valence-corrected chi connectivity index (χ0v) is 19.0. The van der Waals surface area contributed by atoms with Crippen molar-refractivity contribution >= 4 is 33.2 Å². The fourth-order valence-corrected chi connectivity index (χ4v) is 5.07. The van der Waals surface area contributed by atoms with Gasteiger partial charge in [0.15, 0.2) is 5.60 Å². The number of sulfonamides is 1. The van der Waals surface area contributed by atoms with E-state index in [0.717, 1.165) is 12.8 Å². The summed E-state index contributed by atoms with van der Waals surface area (Å²) in [4.78, 5) is 12.9. The Kier molecular flexibility index (Phi) is 6.75. The largest absolute Gasteiger partial charge is 0.478 e. The van der Waals surface area contributed by atoms with Crippen molar-refractivity contribution < 1.29 is 17.9 Å². The van der Waals surface area contributed by atoms with Crippen LogP contribution in [0.15, 0.2) is 53.4 Å². The standard InChI is InChI=1S/C22H27ClN2O4S/c1-16-5-4-14-25(15-16)30(27,28)20-12-8-18(9-13-20)24-21(26)22(2,3)29-19-10-6-17(23)7-11-19/h6-13,16H,4-5,14-15H2,1-3H3,(H,24,26). The molecule has 162 valence electrons. The van der Waals surface area contributed by atoms with E-state index >= 15 is 0 Å². The van der Waals surface area contributed by atoms with Crippen molar-refractivity contribution in [3.8, 4) is 5.75 Å². The maximum absolute atomic E-state index is 12.9. The van der Waals surface area contributed by atoms with Crippen LogP contribution < -0.4 is 10.1 Å². The molecule has 1 amide bonds. The quantitative estimate of drug-likeness (QED) is 0.700. The Morgan fingerprint density at radius 3 is 2.37 bits per heavy atom. The molecule has 2 aromatic carbocycles. The summed E-state index contributed by atoms with van der Waals surface area (Å²) in [7, 11) is -3.53. The van der Waals surface area contributed by atoms with E-state index in [1.807, 2.05) is 0 Å². The van der Waals surface area contributed by atoms with E-state index in [0.29, 0.717) is 35.5 Å². The van der Waals surface area contributed by atoms with Crippen LogP contribution in [0.4, 0.5) is 5.69 Å². The summed E-state index contributed by atoms with van der Waals surface area (Å²) in [5.74, 6) is 0.532. The van der Waals surface area contributed by atoms with Gasteiger partial charge in [0.1, 0.15) is 5.75 Å². The summed E-state index contributed by atoms with van der Waals surface area (Å²) in [5, 5.41) is 3.36. The number of carbonyl (C=O) groups is 1. The number of nitrogens with one attached hydrogen (secondary N) is 1. The van der Waals surface area contributed by atoms with Crippen LogP contribution in [0, 0.1) is 5.92 Å². The van der Waals surface area contributed by atoms with E-state index < -0.39 is 15.6 Å². The minimum absolute atomic E-state index is 0.228. The maximum Gasteiger partial charge on any atom is 0.267 e. The summed E-state index contributed by atoms with van der Waals surface area (Å²) in [6.07, 6.45) is 1.92. The molecule has 8 heteroatoms. The number of amides is 1. The van der Waals surface area contributed by atoms with Gasteiger partial charge in [-0.3, -0.25) is 4.79 Å². The molecule has 0 bridgehead atoms. The summed E-state index contributed by atoms with van der Waals surface area (Å²) in [6, 6.07) is 13.0. The Morgan fingerprint density at radius 2 is 1.77 bits per heavy atom. The molecule has 0 spiro atoms. The van der Waals surface area contributed by atoms with Crippen molar-refractivity contribution in [3.05, 3.63) is 53.6 Å². The molecule has 0 radical (unpaired) electrons. The predicted molar refractivity (Wildman–Crippen MR) is 118 cm³/mol. The van der Waals surface area contributed by atoms with E-state index in [-0.39, 0.29) is 10.8 Å². The molecule has 1 atom stereocenters. The highest BCUT2D eigenvalue weighted by Crippen LogP contribution is 2.25. The average Bonchev–Trinajstić information content (AvgIpc) is 2.70. The SMILES string of the molecule is CC1CCCN(S(=O)(=O)c2ccc(NC(=O)C(C)(C)Oc3ccc(Cl)cc3)cc2)C1. The first-order valence-electron chi connectivity index (χ1n) is 9.94. The number of halogens is 1. The van der Waals surface area contributed by atoms with Gasteiger partial charge in [-0.25, -0.2) is 8.42 Å². The Balaban J connectivity index is 1.67. The molecule has 0 aliphatic carbocycles. The highest BCUT2D eigenvalue weighted by Gasteiger charge is 2.31. The minimum Gasteiger partial charge on any atom is -0.478 e. The first kappa shape index (κ1) is 22.6. The lowest BCUT2D eigenvalue weighted by molar-refractivity contribution is -0.128. The number of piperidine rings is 1. The molecule has 3 rings (SSSR count). The van der Waals surface area contributed by atoms with E-state index in [4.69, 9.17) is 16.3 Å². The van der Waals surface area contributed by atoms with Gasteiger partial charge in [-0.2, -0.15) is 4.31 Å². The van der Waals surface area contributed by atoms with Crippen molar-refractivity contribution in [1.82, 2.24) is 4.31 Å². The van der Waals surface area contributed by atoms with E-state index in [1.165, 1.54) is 16.4 Å². The van der Waals surface area contributed by atoms with Gasteiger partial charge in [-0.1, -0.05) is 18.5 Å².